The zero-order chi connectivity index (χ0) is 19.3. The Bertz CT molecular complexity index is 366. The van der Waals surface area contributed by atoms with E-state index >= 15 is 0 Å². The van der Waals surface area contributed by atoms with Crippen LogP contribution < -0.4 is 5.32 Å². The number of esters is 1. The lowest BCUT2D eigenvalue weighted by Crippen LogP contribution is -2.30. The summed E-state index contributed by atoms with van der Waals surface area (Å²) in [6.45, 7) is 4.34. The average Bonchev–Trinajstić information content (AvgIpc) is 2.63. The van der Waals surface area contributed by atoms with Crippen LogP contribution in [0.2, 0.25) is 0 Å². The van der Waals surface area contributed by atoms with Gasteiger partial charge in [0.25, 0.3) is 0 Å². The van der Waals surface area contributed by atoms with Crippen molar-refractivity contribution in [2.24, 2.45) is 0 Å². The molecule has 0 aromatic carbocycles. The van der Waals surface area contributed by atoms with Crippen molar-refractivity contribution in [3.05, 3.63) is 12.2 Å². The summed E-state index contributed by atoms with van der Waals surface area (Å²) in [7, 11) is 0. The van der Waals surface area contributed by atoms with E-state index < -0.39 is 0 Å². The number of hydrogen-bond donors (Lipinski definition) is 1. The molecule has 1 amide bonds. The minimum Gasteiger partial charge on any atom is -0.465 e. The topological polar surface area (TPSA) is 55.4 Å². The standard InChI is InChI=1S/C22H41NO3/c1-3-5-6-7-8-9-10-11-12-13-14-15-16-17-18-19-21(24)23-20-22(25)26-4-2/h8-9H,3-7,10-20H2,1-2H3,(H,23,24)/b9-8-. The van der Waals surface area contributed by atoms with E-state index in [1.807, 2.05) is 0 Å². The number of amides is 1. The molecule has 0 heterocycles. The molecule has 26 heavy (non-hydrogen) atoms. The average molecular weight is 368 g/mol. The molecule has 0 bridgehead atoms. The third-order valence-corrected chi connectivity index (χ3v) is 4.40. The van der Waals surface area contributed by atoms with Gasteiger partial charge in [0, 0.05) is 6.42 Å². The first-order chi connectivity index (χ1) is 12.7. The van der Waals surface area contributed by atoms with Gasteiger partial charge in [0.2, 0.25) is 5.91 Å². The van der Waals surface area contributed by atoms with E-state index in [9.17, 15) is 9.59 Å². The monoisotopic (exact) mass is 367 g/mol. The molecular formula is C22H41NO3. The Balaban J connectivity index is 3.24. The first kappa shape index (κ1) is 24.7. The van der Waals surface area contributed by atoms with Crippen LogP contribution in [0.4, 0.5) is 0 Å². The van der Waals surface area contributed by atoms with Gasteiger partial charge >= 0.3 is 5.97 Å². The predicted octanol–water partition coefficient (Wildman–Crippen LogP) is 5.70. The van der Waals surface area contributed by atoms with Crippen LogP contribution in [0.15, 0.2) is 12.2 Å². The summed E-state index contributed by atoms with van der Waals surface area (Å²) in [5.41, 5.74) is 0. The van der Waals surface area contributed by atoms with Gasteiger partial charge in [-0.25, -0.2) is 0 Å². The van der Waals surface area contributed by atoms with Crippen molar-refractivity contribution < 1.29 is 14.3 Å². The maximum absolute atomic E-state index is 11.6. The summed E-state index contributed by atoms with van der Waals surface area (Å²) in [4.78, 5) is 22.7. The van der Waals surface area contributed by atoms with Crippen LogP contribution in [-0.4, -0.2) is 25.0 Å². The van der Waals surface area contributed by atoms with E-state index in [0.717, 1.165) is 12.8 Å². The molecule has 0 aromatic rings. The fourth-order valence-electron chi connectivity index (χ4n) is 2.83. The molecule has 0 aliphatic carbocycles. The number of carbonyl (C=O) groups excluding carboxylic acids is 2. The van der Waals surface area contributed by atoms with Gasteiger partial charge in [-0.3, -0.25) is 9.59 Å². The van der Waals surface area contributed by atoms with Crippen LogP contribution in [0.5, 0.6) is 0 Å². The molecule has 1 N–H and O–H groups in total. The Morgan fingerprint density at radius 2 is 1.31 bits per heavy atom. The van der Waals surface area contributed by atoms with Gasteiger partial charge in [0.1, 0.15) is 6.54 Å². The van der Waals surface area contributed by atoms with Gasteiger partial charge in [0.05, 0.1) is 6.61 Å². The maximum Gasteiger partial charge on any atom is 0.325 e. The van der Waals surface area contributed by atoms with E-state index in [4.69, 9.17) is 4.74 Å². The lowest BCUT2D eigenvalue weighted by molar-refractivity contribution is -0.143. The quantitative estimate of drug-likeness (QED) is 0.192. The highest BCUT2D eigenvalue weighted by molar-refractivity contribution is 5.81. The Morgan fingerprint density at radius 3 is 1.88 bits per heavy atom. The SMILES string of the molecule is CCCCC/C=C\CCCCCCCCCCC(=O)NCC(=O)OCC. The highest BCUT2D eigenvalue weighted by Crippen LogP contribution is 2.11. The molecule has 0 unspecified atom stereocenters. The molecule has 0 spiro atoms. The number of hydrogen-bond acceptors (Lipinski definition) is 3. The first-order valence-electron chi connectivity index (χ1n) is 10.8. The third kappa shape index (κ3) is 19.0. The second kappa shape index (κ2) is 20.0. The molecule has 0 radical (unpaired) electrons. The lowest BCUT2D eigenvalue weighted by atomic mass is 10.1. The molecule has 0 saturated carbocycles. The maximum atomic E-state index is 11.6. The van der Waals surface area contributed by atoms with Crippen molar-refractivity contribution in [2.45, 2.75) is 104 Å². The minimum absolute atomic E-state index is 0.0133. The van der Waals surface area contributed by atoms with Crippen molar-refractivity contribution in [2.75, 3.05) is 13.2 Å². The molecule has 0 aliphatic heterocycles. The van der Waals surface area contributed by atoms with Gasteiger partial charge in [0.15, 0.2) is 0 Å². The highest BCUT2D eigenvalue weighted by atomic mass is 16.5. The second-order valence-electron chi connectivity index (χ2n) is 6.92. The Labute approximate surface area is 161 Å². The smallest absolute Gasteiger partial charge is 0.325 e. The Hall–Kier alpha value is -1.32. The van der Waals surface area contributed by atoms with Gasteiger partial charge in [-0.1, -0.05) is 70.4 Å². The van der Waals surface area contributed by atoms with Crippen molar-refractivity contribution >= 4 is 11.9 Å². The molecule has 0 saturated heterocycles. The summed E-state index contributed by atoms with van der Waals surface area (Å²) in [5, 5.41) is 2.60. The van der Waals surface area contributed by atoms with E-state index in [0.29, 0.717) is 13.0 Å². The molecule has 0 rings (SSSR count). The summed E-state index contributed by atoms with van der Waals surface area (Å²) in [5.74, 6) is -0.423. The molecule has 4 heteroatoms. The van der Waals surface area contributed by atoms with Gasteiger partial charge < -0.3 is 10.1 Å². The molecule has 0 fully saturated rings. The van der Waals surface area contributed by atoms with Gasteiger partial charge in [-0.2, -0.15) is 0 Å². The Morgan fingerprint density at radius 1 is 0.769 bits per heavy atom. The van der Waals surface area contributed by atoms with Crippen molar-refractivity contribution in [3.8, 4) is 0 Å². The van der Waals surface area contributed by atoms with E-state index in [2.05, 4.69) is 24.4 Å². The van der Waals surface area contributed by atoms with Crippen LogP contribution >= 0.6 is 0 Å². The zero-order valence-corrected chi connectivity index (χ0v) is 17.2. The number of rotatable bonds is 18. The van der Waals surface area contributed by atoms with Crippen LogP contribution in [0, 0.1) is 0 Å². The molecule has 4 nitrogen and oxygen atoms in total. The number of unbranched alkanes of at least 4 members (excludes halogenated alkanes) is 11. The lowest BCUT2D eigenvalue weighted by Gasteiger charge is -2.05. The van der Waals surface area contributed by atoms with Crippen LogP contribution in [0.1, 0.15) is 104 Å². The van der Waals surface area contributed by atoms with Gasteiger partial charge in [-0.05, 0) is 39.0 Å². The van der Waals surface area contributed by atoms with E-state index in [1.54, 1.807) is 6.92 Å². The van der Waals surface area contributed by atoms with Gasteiger partial charge in [-0.15, -0.1) is 0 Å². The van der Waals surface area contributed by atoms with Crippen molar-refractivity contribution in [1.29, 1.82) is 0 Å². The van der Waals surface area contributed by atoms with Crippen molar-refractivity contribution in [3.63, 3.8) is 0 Å². The van der Waals surface area contributed by atoms with E-state index in [1.165, 1.54) is 70.6 Å². The molecule has 0 atom stereocenters. The summed E-state index contributed by atoms with van der Waals surface area (Å²) in [6, 6.07) is 0. The summed E-state index contributed by atoms with van der Waals surface area (Å²) >= 11 is 0. The van der Waals surface area contributed by atoms with Crippen molar-refractivity contribution in [1.82, 2.24) is 5.32 Å². The minimum atomic E-state index is -0.368. The normalized spacial score (nSPS) is 11.0. The molecule has 152 valence electrons. The fraction of sp³-hybridized carbons (Fsp3) is 0.818. The second-order valence-corrected chi connectivity index (χ2v) is 6.92. The summed E-state index contributed by atoms with van der Waals surface area (Å²) in [6.07, 6.45) is 21.4. The third-order valence-electron chi connectivity index (χ3n) is 4.40. The largest absolute Gasteiger partial charge is 0.465 e. The highest BCUT2D eigenvalue weighted by Gasteiger charge is 2.05. The summed E-state index contributed by atoms with van der Waals surface area (Å²) < 4.78 is 4.77. The fourth-order valence-corrected chi connectivity index (χ4v) is 2.83. The number of allylic oxidation sites excluding steroid dienone is 2. The first-order valence-corrected chi connectivity index (χ1v) is 10.8. The number of nitrogens with one attached hydrogen (secondary N) is 1. The number of carbonyl (C=O) groups is 2. The molecule has 0 aliphatic rings. The van der Waals surface area contributed by atoms with E-state index in [-0.39, 0.29) is 18.4 Å². The van der Waals surface area contributed by atoms with Crippen LogP contribution in [-0.2, 0) is 14.3 Å². The molecular weight excluding hydrogens is 326 g/mol. The van der Waals surface area contributed by atoms with Crippen LogP contribution in [0.3, 0.4) is 0 Å². The zero-order valence-electron chi connectivity index (χ0n) is 17.2. The Kier molecular flexibility index (Phi) is 19.0. The predicted molar refractivity (Wildman–Crippen MR) is 109 cm³/mol. The van der Waals surface area contributed by atoms with Crippen LogP contribution in [0.25, 0.3) is 0 Å². The molecule has 0 aromatic heterocycles. The number of ether oxygens (including phenoxy) is 1.